The van der Waals surface area contributed by atoms with E-state index in [1.54, 1.807) is 6.20 Å². The first kappa shape index (κ1) is 16.7. The van der Waals surface area contributed by atoms with Gasteiger partial charge in [0, 0.05) is 31.0 Å². The number of hydrogen-bond acceptors (Lipinski definition) is 7. The van der Waals surface area contributed by atoms with Gasteiger partial charge in [-0.15, -0.1) is 0 Å². The monoisotopic (exact) mass is 351 g/mol. The average molecular weight is 351 g/mol. The maximum absolute atomic E-state index is 5.68. The number of rotatable bonds is 5. The van der Waals surface area contributed by atoms with Crippen LogP contribution < -0.4 is 5.32 Å². The van der Waals surface area contributed by atoms with Crippen molar-refractivity contribution in [2.45, 2.75) is 19.5 Å². The van der Waals surface area contributed by atoms with E-state index in [9.17, 15) is 0 Å². The molecule has 1 fully saturated rings. The number of aryl methyl sites for hydroxylation is 1. The highest BCUT2D eigenvalue weighted by Gasteiger charge is 2.28. The van der Waals surface area contributed by atoms with Gasteiger partial charge in [-0.25, -0.2) is 9.97 Å². The Morgan fingerprint density at radius 2 is 2.12 bits per heavy atom. The third-order valence-corrected chi connectivity index (χ3v) is 4.30. The number of anilines is 2. The number of nitrogens with one attached hydrogen (secondary N) is 1. The second kappa shape index (κ2) is 7.63. The summed E-state index contributed by atoms with van der Waals surface area (Å²) >= 11 is 0. The van der Waals surface area contributed by atoms with Crippen LogP contribution in [0.3, 0.4) is 0 Å². The Balaban J connectivity index is 1.53. The molecule has 2 aromatic heterocycles. The first-order valence-corrected chi connectivity index (χ1v) is 8.67. The standard InChI is InChI=1S/C19H21N5O2/c1-14-11-16(23-26-14)12-24-9-10-25-13-17(24)19-20-8-7-18(22-19)21-15-5-3-2-4-6-15/h2-8,11,17H,9-10,12-13H2,1H3,(H,20,21,22)/t17-/m1/s1. The van der Waals surface area contributed by atoms with Gasteiger partial charge in [-0.05, 0) is 25.1 Å². The zero-order valence-corrected chi connectivity index (χ0v) is 14.6. The molecule has 0 radical (unpaired) electrons. The highest BCUT2D eigenvalue weighted by atomic mass is 16.5. The van der Waals surface area contributed by atoms with Gasteiger partial charge in [0.15, 0.2) is 0 Å². The molecule has 0 unspecified atom stereocenters. The molecule has 134 valence electrons. The largest absolute Gasteiger partial charge is 0.378 e. The molecule has 1 atom stereocenters. The van der Waals surface area contributed by atoms with E-state index >= 15 is 0 Å². The number of morpholine rings is 1. The lowest BCUT2D eigenvalue weighted by Crippen LogP contribution is -2.40. The quantitative estimate of drug-likeness (QED) is 0.757. The minimum Gasteiger partial charge on any atom is -0.378 e. The van der Waals surface area contributed by atoms with Crippen LogP contribution >= 0.6 is 0 Å². The Morgan fingerprint density at radius 3 is 2.92 bits per heavy atom. The number of para-hydroxylation sites is 1. The molecule has 0 saturated carbocycles. The Morgan fingerprint density at radius 1 is 1.23 bits per heavy atom. The van der Waals surface area contributed by atoms with Gasteiger partial charge < -0.3 is 14.6 Å². The summed E-state index contributed by atoms with van der Waals surface area (Å²) in [4.78, 5) is 11.5. The van der Waals surface area contributed by atoms with E-state index in [1.165, 1.54) is 0 Å². The molecule has 1 aliphatic rings. The van der Waals surface area contributed by atoms with Gasteiger partial charge in [0.05, 0.1) is 24.9 Å². The lowest BCUT2D eigenvalue weighted by molar-refractivity contribution is -0.0167. The summed E-state index contributed by atoms with van der Waals surface area (Å²) in [6, 6.07) is 13.8. The van der Waals surface area contributed by atoms with Gasteiger partial charge in [-0.1, -0.05) is 23.4 Å². The number of nitrogens with zero attached hydrogens (tertiary/aromatic N) is 4. The predicted octanol–water partition coefficient (Wildman–Crippen LogP) is 3.09. The van der Waals surface area contributed by atoms with Crippen LogP contribution in [0.25, 0.3) is 0 Å². The predicted molar refractivity (Wildman–Crippen MR) is 97.0 cm³/mol. The van der Waals surface area contributed by atoms with E-state index in [4.69, 9.17) is 14.2 Å². The van der Waals surface area contributed by atoms with E-state index in [0.717, 1.165) is 35.3 Å². The lowest BCUT2D eigenvalue weighted by Gasteiger charge is -2.33. The Labute approximate surface area is 152 Å². The van der Waals surface area contributed by atoms with Crippen LogP contribution in [0.1, 0.15) is 23.3 Å². The molecule has 0 amide bonds. The van der Waals surface area contributed by atoms with Crippen LogP contribution in [0.5, 0.6) is 0 Å². The fraction of sp³-hybridized carbons (Fsp3) is 0.316. The Hall–Kier alpha value is -2.77. The summed E-state index contributed by atoms with van der Waals surface area (Å²) in [5.41, 5.74) is 1.90. The van der Waals surface area contributed by atoms with Crippen molar-refractivity contribution in [2.24, 2.45) is 0 Å². The van der Waals surface area contributed by atoms with Crippen LogP contribution in [-0.2, 0) is 11.3 Å². The Kier molecular flexibility index (Phi) is 4.90. The van der Waals surface area contributed by atoms with Gasteiger partial charge in [-0.2, -0.15) is 0 Å². The van der Waals surface area contributed by atoms with Crippen molar-refractivity contribution in [3.63, 3.8) is 0 Å². The molecule has 3 heterocycles. The van der Waals surface area contributed by atoms with Crippen molar-refractivity contribution in [2.75, 3.05) is 25.1 Å². The van der Waals surface area contributed by atoms with E-state index < -0.39 is 0 Å². The summed E-state index contributed by atoms with van der Waals surface area (Å²) in [7, 11) is 0. The zero-order chi connectivity index (χ0) is 17.8. The third-order valence-electron chi connectivity index (χ3n) is 4.30. The third kappa shape index (κ3) is 3.89. The van der Waals surface area contributed by atoms with Crippen LogP contribution in [0.2, 0.25) is 0 Å². The molecule has 7 nitrogen and oxygen atoms in total. The molecule has 26 heavy (non-hydrogen) atoms. The first-order chi connectivity index (χ1) is 12.8. The van der Waals surface area contributed by atoms with Crippen LogP contribution in [-0.4, -0.2) is 39.8 Å². The van der Waals surface area contributed by atoms with Crippen molar-refractivity contribution in [1.29, 1.82) is 0 Å². The summed E-state index contributed by atoms with van der Waals surface area (Å²) < 4.78 is 10.9. The molecule has 4 rings (SSSR count). The number of hydrogen-bond donors (Lipinski definition) is 1. The topological polar surface area (TPSA) is 76.3 Å². The van der Waals surface area contributed by atoms with Gasteiger partial charge in [-0.3, -0.25) is 4.90 Å². The van der Waals surface area contributed by atoms with Gasteiger partial charge in [0.1, 0.15) is 17.4 Å². The smallest absolute Gasteiger partial charge is 0.150 e. The van der Waals surface area contributed by atoms with Gasteiger partial charge >= 0.3 is 0 Å². The normalized spacial score (nSPS) is 18.0. The minimum absolute atomic E-state index is 0.0155. The molecule has 0 spiro atoms. The SMILES string of the molecule is Cc1cc(CN2CCOC[C@@H]2c2nccc(Nc3ccccc3)n2)no1. The molecule has 7 heteroatoms. The number of ether oxygens (including phenoxy) is 1. The maximum Gasteiger partial charge on any atom is 0.150 e. The number of aromatic nitrogens is 3. The summed E-state index contributed by atoms with van der Waals surface area (Å²) in [5.74, 6) is 2.32. The molecule has 0 aliphatic carbocycles. The minimum atomic E-state index is -0.0155. The van der Waals surface area contributed by atoms with Crippen molar-refractivity contribution < 1.29 is 9.26 Å². The van der Waals surface area contributed by atoms with Crippen LogP contribution in [0.4, 0.5) is 11.5 Å². The van der Waals surface area contributed by atoms with Crippen molar-refractivity contribution in [1.82, 2.24) is 20.0 Å². The van der Waals surface area contributed by atoms with E-state index in [1.807, 2.05) is 49.4 Å². The van der Waals surface area contributed by atoms with E-state index in [0.29, 0.717) is 19.8 Å². The summed E-state index contributed by atoms with van der Waals surface area (Å²) in [6.07, 6.45) is 1.78. The zero-order valence-electron chi connectivity index (χ0n) is 14.6. The summed E-state index contributed by atoms with van der Waals surface area (Å²) in [6.45, 7) is 4.64. The molecule has 3 aromatic rings. The Bertz CT molecular complexity index is 852. The average Bonchev–Trinajstić information content (AvgIpc) is 3.08. The molecular formula is C19H21N5O2. The van der Waals surface area contributed by atoms with E-state index in [2.05, 4.69) is 20.4 Å². The molecule has 1 N–H and O–H groups in total. The molecule has 0 bridgehead atoms. The number of benzene rings is 1. The second-order valence-electron chi connectivity index (χ2n) is 6.28. The fourth-order valence-corrected chi connectivity index (χ4v) is 3.04. The fourth-order valence-electron chi connectivity index (χ4n) is 3.04. The molecule has 1 aromatic carbocycles. The van der Waals surface area contributed by atoms with Crippen molar-refractivity contribution in [3.05, 3.63) is 65.9 Å². The second-order valence-corrected chi connectivity index (χ2v) is 6.28. The molecule has 1 aliphatic heterocycles. The maximum atomic E-state index is 5.68. The van der Waals surface area contributed by atoms with Crippen LogP contribution in [0, 0.1) is 6.92 Å². The van der Waals surface area contributed by atoms with E-state index in [-0.39, 0.29) is 6.04 Å². The first-order valence-electron chi connectivity index (χ1n) is 8.67. The summed E-state index contributed by atoms with van der Waals surface area (Å²) in [5, 5.41) is 7.41. The van der Waals surface area contributed by atoms with Crippen LogP contribution in [0.15, 0.2) is 53.2 Å². The van der Waals surface area contributed by atoms with Gasteiger partial charge in [0.2, 0.25) is 0 Å². The highest BCUT2D eigenvalue weighted by Crippen LogP contribution is 2.25. The molecular weight excluding hydrogens is 330 g/mol. The van der Waals surface area contributed by atoms with Crippen molar-refractivity contribution in [3.8, 4) is 0 Å². The van der Waals surface area contributed by atoms with Gasteiger partial charge in [0.25, 0.3) is 0 Å². The lowest BCUT2D eigenvalue weighted by atomic mass is 10.2. The van der Waals surface area contributed by atoms with Crippen molar-refractivity contribution >= 4 is 11.5 Å². The highest BCUT2D eigenvalue weighted by molar-refractivity contribution is 5.55. The molecule has 1 saturated heterocycles.